The molecule has 1 aromatic heterocycles. The van der Waals surface area contributed by atoms with E-state index in [-0.39, 0.29) is 17.5 Å². The van der Waals surface area contributed by atoms with Crippen LogP contribution in [0.25, 0.3) is 10.9 Å². The molecule has 0 aliphatic rings. The molecular formula is C19H15Cl2N3O2. The highest BCUT2D eigenvalue weighted by atomic mass is 35.5. The van der Waals surface area contributed by atoms with Gasteiger partial charge in [0.05, 0.1) is 22.1 Å². The number of amides is 2. The summed E-state index contributed by atoms with van der Waals surface area (Å²) in [5.74, 6) is -0.680. The third kappa shape index (κ3) is 4.50. The summed E-state index contributed by atoms with van der Waals surface area (Å²) in [5.41, 5.74) is 2.19. The van der Waals surface area contributed by atoms with Crippen molar-refractivity contribution in [3.05, 3.63) is 75.9 Å². The number of halogens is 2. The van der Waals surface area contributed by atoms with Gasteiger partial charge in [0.2, 0.25) is 5.91 Å². The molecule has 3 rings (SSSR count). The predicted octanol–water partition coefficient (Wildman–Crippen LogP) is 3.59. The summed E-state index contributed by atoms with van der Waals surface area (Å²) in [6.45, 7) is 0.237. The van der Waals surface area contributed by atoms with Crippen LogP contribution >= 0.6 is 23.2 Å². The van der Waals surface area contributed by atoms with Gasteiger partial charge in [0.15, 0.2) is 0 Å². The van der Waals surface area contributed by atoms with Crippen LogP contribution in [0, 0.1) is 0 Å². The third-order valence-corrected chi connectivity index (χ3v) is 4.49. The summed E-state index contributed by atoms with van der Waals surface area (Å²) in [7, 11) is 0. The number of hydrogen-bond donors (Lipinski definition) is 2. The molecule has 0 unspecified atom stereocenters. The van der Waals surface area contributed by atoms with Crippen LogP contribution in [0.4, 0.5) is 0 Å². The van der Waals surface area contributed by atoms with Gasteiger partial charge < -0.3 is 10.6 Å². The lowest BCUT2D eigenvalue weighted by atomic mass is 10.1. The van der Waals surface area contributed by atoms with Gasteiger partial charge in [-0.2, -0.15) is 0 Å². The predicted molar refractivity (Wildman–Crippen MR) is 102 cm³/mol. The Balaban J connectivity index is 1.51. The average molecular weight is 388 g/mol. The maximum Gasteiger partial charge on any atom is 0.251 e. The van der Waals surface area contributed by atoms with Gasteiger partial charge in [-0.25, -0.2) is 0 Å². The molecule has 0 aliphatic heterocycles. The Labute approximate surface area is 160 Å². The number of carbonyl (C=O) groups is 2. The topological polar surface area (TPSA) is 71.1 Å². The van der Waals surface area contributed by atoms with E-state index in [9.17, 15) is 9.59 Å². The number of aromatic nitrogens is 1. The van der Waals surface area contributed by atoms with Gasteiger partial charge in [-0.05, 0) is 42.0 Å². The maximum atomic E-state index is 12.0. The Bertz CT molecular complexity index is 976. The first-order chi connectivity index (χ1) is 12.5. The van der Waals surface area contributed by atoms with Crippen LogP contribution in [0.3, 0.4) is 0 Å². The number of carbonyl (C=O) groups excluding carboxylic acids is 2. The molecule has 0 saturated carbocycles. The van der Waals surface area contributed by atoms with Crippen molar-refractivity contribution in [3.8, 4) is 0 Å². The Morgan fingerprint density at radius 2 is 1.81 bits per heavy atom. The molecule has 2 aromatic carbocycles. The number of hydrogen-bond acceptors (Lipinski definition) is 3. The zero-order chi connectivity index (χ0) is 18.5. The van der Waals surface area contributed by atoms with Crippen molar-refractivity contribution in [3.63, 3.8) is 0 Å². The second-order valence-electron chi connectivity index (χ2n) is 5.62. The van der Waals surface area contributed by atoms with Crippen molar-refractivity contribution in [2.45, 2.75) is 6.54 Å². The minimum atomic E-state index is -0.393. The number of pyridine rings is 1. The third-order valence-electron chi connectivity index (χ3n) is 3.75. The first-order valence-corrected chi connectivity index (χ1v) is 8.62. The summed E-state index contributed by atoms with van der Waals surface area (Å²) in [6.07, 6.45) is 1.74. The molecule has 3 aromatic rings. The Kier molecular flexibility index (Phi) is 5.71. The molecule has 0 aliphatic carbocycles. The number of rotatable bonds is 5. The van der Waals surface area contributed by atoms with Crippen LogP contribution in [0.1, 0.15) is 15.9 Å². The molecule has 2 amide bonds. The van der Waals surface area contributed by atoms with E-state index in [4.69, 9.17) is 23.2 Å². The molecule has 5 nitrogen and oxygen atoms in total. The van der Waals surface area contributed by atoms with Gasteiger partial charge in [0, 0.05) is 23.7 Å². The lowest BCUT2D eigenvalue weighted by Gasteiger charge is -2.08. The molecular weight excluding hydrogens is 373 g/mol. The zero-order valence-corrected chi connectivity index (χ0v) is 15.1. The van der Waals surface area contributed by atoms with Crippen molar-refractivity contribution in [1.29, 1.82) is 0 Å². The van der Waals surface area contributed by atoms with Crippen molar-refractivity contribution in [2.24, 2.45) is 0 Å². The highest BCUT2D eigenvalue weighted by Gasteiger charge is 2.10. The number of fused-ring (bicyclic) bond motifs is 1. The molecule has 0 spiro atoms. The highest BCUT2D eigenvalue weighted by Crippen LogP contribution is 2.22. The molecule has 0 fully saturated rings. The first kappa shape index (κ1) is 18.2. The summed E-state index contributed by atoms with van der Waals surface area (Å²) < 4.78 is 0. The second kappa shape index (κ2) is 8.17. The molecule has 26 heavy (non-hydrogen) atoms. The quantitative estimate of drug-likeness (QED) is 0.702. The minimum Gasteiger partial charge on any atom is -0.350 e. The van der Waals surface area contributed by atoms with Crippen molar-refractivity contribution >= 4 is 45.9 Å². The highest BCUT2D eigenvalue weighted by molar-refractivity contribution is 6.42. The molecule has 2 N–H and O–H groups in total. The molecule has 0 atom stereocenters. The molecule has 0 bridgehead atoms. The maximum absolute atomic E-state index is 12.0. The van der Waals surface area contributed by atoms with E-state index in [0.717, 1.165) is 16.5 Å². The lowest BCUT2D eigenvalue weighted by molar-refractivity contribution is -0.120. The average Bonchev–Trinajstić information content (AvgIpc) is 2.66. The molecule has 0 saturated heterocycles. The van der Waals surface area contributed by atoms with E-state index < -0.39 is 5.91 Å². The van der Waals surface area contributed by atoms with E-state index >= 15 is 0 Å². The van der Waals surface area contributed by atoms with Crippen molar-refractivity contribution < 1.29 is 9.59 Å². The van der Waals surface area contributed by atoms with Crippen molar-refractivity contribution in [1.82, 2.24) is 15.6 Å². The smallest absolute Gasteiger partial charge is 0.251 e. The zero-order valence-electron chi connectivity index (χ0n) is 13.6. The monoisotopic (exact) mass is 387 g/mol. The van der Waals surface area contributed by atoms with E-state index in [1.54, 1.807) is 12.3 Å². The summed E-state index contributed by atoms with van der Waals surface area (Å²) in [4.78, 5) is 28.2. The number of nitrogens with one attached hydrogen (secondary N) is 2. The van der Waals surface area contributed by atoms with Gasteiger partial charge in [0.1, 0.15) is 0 Å². The molecule has 7 heteroatoms. The molecule has 1 heterocycles. The first-order valence-electron chi connectivity index (χ1n) is 7.86. The number of nitrogens with zero attached hydrogens (tertiary/aromatic N) is 1. The van der Waals surface area contributed by atoms with Crippen LogP contribution in [-0.2, 0) is 11.3 Å². The summed E-state index contributed by atoms with van der Waals surface area (Å²) in [6, 6.07) is 14.1. The van der Waals surface area contributed by atoms with Gasteiger partial charge in [-0.3, -0.25) is 14.6 Å². The SMILES string of the molecule is O=C(CNC(=O)c1ccc(Cl)c(Cl)c1)NCc1ccc2ncccc2c1. The fraction of sp³-hybridized carbons (Fsp3) is 0.105. The van der Waals surface area contributed by atoms with Crippen molar-refractivity contribution in [2.75, 3.05) is 6.54 Å². The Morgan fingerprint density at radius 1 is 0.962 bits per heavy atom. The van der Waals surface area contributed by atoms with E-state index in [2.05, 4.69) is 15.6 Å². The van der Waals surface area contributed by atoms with E-state index in [0.29, 0.717) is 17.1 Å². The second-order valence-corrected chi connectivity index (χ2v) is 6.43. The van der Waals surface area contributed by atoms with Crippen LogP contribution in [0.5, 0.6) is 0 Å². The summed E-state index contributed by atoms with van der Waals surface area (Å²) in [5, 5.41) is 6.98. The van der Waals surface area contributed by atoms with E-state index in [1.165, 1.54) is 12.1 Å². The molecule has 132 valence electrons. The largest absolute Gasteiger partial charge is 0.350 e. The fourth-order valence-electron chi connectivity index (χ4n) is 2.40. The van der Waals surface area contributed by atoms with Gasteiger partial charge >= 0.3 is 0 Å². The van der Waals surface area contributed by atoms with Crippen LogP contribution in [0.15, 0.2) is 54.7 Å². The normalized spacial score (nSPS) is 10.5. The van der Waals surface area contributed by atoms with Gasteiger partial charge in [-0.1, -0.05) is 35.3 Å². The minimum absolute atomic E-state index is 0.131. The van der Waals surface area contributed by atoms with Gasteiger partial charge in [-0.15, -0.1) is 0 Å². The van der Waals surface area contributed by atoms with Crippen LogP contribution in [0.2, 0.25) is 10.0 Å². The fourth-order valence-corrected chi connectivity index (χ4v) is 2.70. The standard InChI is InChI=1S/C19H15Cl2N3O2/c20-15-5-4-14(9-16(15)21)19(26)24-11-18(25)23-10-12-3-6-17-13(8-12)2-1-7-22-17/h1-9H,10-11H2,(H,23,25)(H,24,26). The van der Waals surface area contributed by atoms with E-state index in [1.807, 2.05) is 30.3 Å². The molecule has 0 radical (unpaired) electrons. The summed E-state index contributed by atoms with van der Waals surface area (Å²) >= 11 is 11.7. The van der Waals surface area contributed by atoms with Crippen LogP contribution in [-0.4, -0.2) is 23.3 Å². The Hall–Kier alpha value is -2.63. The Morgan fingerprint density at radius 3 is 2.62 bits per heavy atom. The van der Waals surface area contributed by atoms with Gasteiger partial charge in [0.25, 0.3) is 5.91 Å². The number of benzene rings is 2. The lowest BCUT2D eigenvalue weighted by Crippen LogP contribution is -2.36. The van der Waals surface area contributed by atoms with Crippen LogP contribution < -0.4 is 10.6 Å².